The van der Waals surface area contributed by atoms with Crippen LogP contribution in [-0.4, -0.2) is 9.55 Å². The lowest BCUT2D eigenvalue weighted by atomic mass is 9.93. The second-order valence-electron chi connectivity index (χ2n) is 4.76. The number of hydrogen-bond donors (Lipinski definition) is 0. The first-order chi connectivity index (χ1) is 9.20. The molecule has 4 heteroatoms. The van der Waals surface area contributed by atoms with Crippen molar-refractivity contribution in [1.29, 1.82) is 0 Å². The average Bonchev–Trinajstić information content (AvgIpc) is 2.88. The fourth-order valence-electron chi connectivity index (χ4n) is 2.28. The summed E-state index contributed by atoms with van der Waals surface area (Å²) in [6.07, 6.45) is 9.45. The molecule has 1 heterocycles. The summed E-state index contributed by atoms with van der Waals surface area (Å²) in [5.41, 5.74) is 1.38. The molecule has 2 nitrogen and oxygen atoms in total. The van der Waals surface area contributed by atoms with Crippen LogP contribution in [0.1, 0.15) is 37.7 Å². The largest absolute Gasteiger partial charge is 0.337 e. The number of aromatic nitrogens is 2. The van der Waals surface area contributed by atoms with Gasteiger partial charge in [0.05, 0.1) is 6.33 Å². The van der Waals surface area contributed by atoms with Crippen LogP contribution < -0.4 is 0 Å². The summed E-state index contributed by atoms with van der Waals surface area (Å²) < 4.78 is 4.46. The second kappa shape index (κ2) is 7.25. The molecule has 1 aromatic carbocycles. The van der Waals surface area contributed by atoms with Crippen LogP contribution in [0.2, 0.25) is 0 Å². The van der Waals surface area contributed by atoms with E-state index in [0.717, 1.165) is 11.0 Å². The number of imidazole rings is 1. The Morgan fingerprint density at radius 3 is 2.79 bits per heavy atom. The Morgan fingerprint density at radius 1 is 1.32 bits per heavy atom. The third-order valence-corrected chi connectivity index (χ3v) is 4.48. The highest BCUT2D eigenvalue weighted by atomic mass is 79.9. The topological polar surface area (TPSA) is 17.8 Å². The van der Waals surface area contributed by atoms with Crippen molar-refractivity contribution in [3.8, 4) is 0 Å². The van der Waals surface area contributed by atoms with Gasteiger partial charge in [-0.2, -0.15) is 0 Å². The Labute approximate surface area is 131 Å². The van der Waals surface area contributed by atoms with Gasteiger partial charge in [-0.05, 0) is 24.1 Å². The van der Waals surface area contributed by atoms with Gasteiger partial charge in [-0.3, -0.25) is 0 Å². The van der Waals surface area contributed by atoms with Crippen LogP contribution in [-0.2, 0) is 6.54 Å². The molecule has 2 aromatic rings. The molecule has 2 rings (SSSR count). The summed E-state index contributed by atoms with van der Waals surface area (Å²) in [6.45, 7) is 3.23. The summed E-state index contributed by atoms with van der Waals surface area (Å²) in [4.78, 5) is 4.13. The van der Waals surface area contributed by atoms with E-state index in [1.165, 1.54) is 29.3 Å². The summed E-state index contributed by atoms with van der Waals surface area (Å²) in [5.74, 6) is 0.525. The van der Waals surface area contributed by atoms with Crippen LogP contribution in [0.25, 0.3) is 0 Å². The van der Waals surface area contributed by atoms with Crippen LogP contribution >= 0.6 is 31.9 Å². The molecule has 0 N–H and O–H groups in total. The van der Waals surface area contributed by atoms with E-state index in [1.807, 2.05) is 18.7 Å². The third kappa shape index (κ3) is 4.18. The SMILES string of the molecule is CCCCC(Cn1ccnc1)c1ccc(Br)cc1Br. The molecule has 0 amide bonds. The van der Waals surface area contributed by atoms with Gasteiger partial charge in [-0.25, -0.2) is 4.98 Å². The van der Waals surface area contributed by atoms with Crippen molar-refractivity contribution in [2.45, 2.75) is 38.6 Å². The van der Waals surface area contributed by atoms with Crippen molar-refractivity contribution < 1.29 is 0 Å². The standard InChI is InChI=1S/C15H18Br2N2/c1-2-3-4-12(10-19-8-7-18-11-19)14-6-5-13(16)9-15(14)17/h5-9,11-12H,2-4,10H2,1H3. The predicted molar refractivity (Wildman–Crippen MR) is 86.3 cm³/mol. The molecule has 0 aliphatic carbocycles. The summed E-state index contributed by atoms with van der Waals surface area (Å²) in [6, 6.07) is 6.46. The molecule has 1 atom stereocenters. The monoisotopic (exact) mass is 384 g/mol. The minimum atomic E-state index is 0.525. The minimum Gasteiger partial charge on any atom is -0.337 e. The van der Waals surface area contributed by atoms with E-state index in [9.17, 15) is 0 Å². The normalized spacial score (nSPS) is 12.6. The maximum absolute atomic E-state index is 4.13. The van der Waals surface area contributed by atoms with Crippen LogP contribution in [0.15, 0.2) is 45.9 Å². The first-order valence-electron chi connectivity index (χ1n) is 6.61. The Bertz CT molecular complexity index is 509. The highest BCUT2D eigenvalue weighted by molar-refractivity contribution is 9.11. The molecular formula is C15H18Br2N2. The zero-order chi connectivity index (χ0) is 13.7. The van der Waals surface area contributed by atoms with Gasteiger partial charge in [0.2, 0.25) is 0 Å². The first kappa shape index (κ1) is 14.8. The number of hydrogen-bond acceptors (Lipinski definition) is 1. The zero-order valence-electron chi connectivity index (χ0n) is 11.0. The van der Waals surface area contributed by atoms with E-state index in [0.29, 0.717) is 5.92 Å². The molecule has 0 saturated carbocycles. The second-order valence-corrected chi connectivity index (χ2v) is 6.53. The first-order valence-corrected chi connectivity index (χ1v) is 8.20. The van der Waals surface area contributed by atoms with Crippen molar-refractivity contribution in [1.82, 2.24) is 9.55 Å². The van der Waals surface area contributed by atoms with E-state index >= 15 is 0 Å². The summed E-state index contributed by atoms with van der Waals surface area (Å²) in [7, 11) is 0. The molecule has 0 radical (unpaired) electrons. The quantitative estimate of drug-likeness (QED) is 0.652. The molecular weight excluding hydrogens is 368 g/mol. The molecule has 0 aliphatic heterocycles. The third-order valence-electron chi connectivity index (χ3n) is 3.30. The molecule has 1 unspecified atom stereocenters. The van der Waals surface area contributed by atoms with Gasteiger partial charge in [0.25, 0.3) is 0 Å². The molecule has 0 bridgehead atoms. The Morgan fingerprint density at radius 2 is 2.16 bits per heavy atom. The average molecular weight is 386 g/mol. The van der Waals surface area contributed by atoms with Crippen molar-refractivity contribution in [2.24, 2.45) is 0 Å². The Hall–Kier alpha value is -0.610. The Balaban J connectivity index is 2.20. The summed E-state index contributed by atoms with van der Waals surface area (Å²) in [5, 5.41) is 0. The van der Waals surface area contributed by atoms with Crippen LogP contribution in [0.3, 0.4) is 0 Å². The van der Waals surface area contributed by atoms with Gasteiger partial charge in [0.1, 0.15) is 0 Å². The van der Waals surface area contributed by atoms with Crippen LogP contribution in [0, 0.1) is 0 Å². The molecule has 0 saturated heterocycles. The van der Waals surface area contributed by atoms with Crippen molar-refractivity contribution in [3.63, 3.8) is 0 Å². The molecule has 1 aromatic heterocycles. The van der Waals surface area contributed by atoms with Gasteiger partial charge in [0.15, 0.2) is 0 Å². The van der Waals surface area contributed by atoms with Gasteiger partial charge in [-0.15, -0.1) is 0 Å². The number of unbranched alkanes of at least 4 members (excludes halogenated alkanes) is 1. The lowest BCUT2D eigenvalue weighted by Crippen LogP contribution is -2.09. The van der Waals surface area contributed by atoms with Crippen molar-refractivity contribution in [2.75, 3.05) is 0 Å². The lowest BCUT2D eigenvalue weighted by molar-refractivity contribution is 0.503. The highest BCUT2D eigenvalue weighted by Crippen LogP contribution is 2.32. The summed E-state index contributed by atoms with van der Waals surface area (Å²) >= 11 is 7.20. The maximum atomic E-state index is 4.13. The minimum absolute atomic E-state index is 0.525. The lowest BCUT2D eigenvalue weighted by Gasteiger charge is -2.19. The number of benzene rings is 1. The van der Waals surface area contributed by atoms with E-state index in [1.54, 1.807) is 0 Å². The molecule has 0 fully saturated rings. The van der Waals surface area contributed by atoms with Gasteiger partial charge < -0.3 is 4.57 Å². The fraction of sp³-hybridized carbons (Fsp3) is 0.400. The maximum Gasteiger partial charge on any atom is 0.0946 e. The zero-order valence-corrected chi connectivity index (χ0v) is 14.2. The Kier molecular flexibility index (Phi) is 5.64. The van der Waals surface area contributed by atoms with E-state index in [4.69, 9.17) is 0 Å². The van der Waals surface area contributed by atoms with Crippen LogP contribution in [0.5, 0.6) is 0 Å². The highest BCUT2D eigenvalue weighted by Gasteiger charge is 2.15. The molecule has 0 spiro atoms. The van der Waals surface area contributed by atoms with Crippen molar-refractivity contribution in [3.05, 3.63) is 51.4 Å². The van der Waals surface area contributed by atoms with Gasteiger partial charge in [0, 0.05) is 33.8 Å². The fourth-order valence-corrected chi connectivity index (χ4v) is 3.65. The van der Waals surface area contributed by atoms with E-state index in [-0.39, 0.29) is 0 Å². The molecule has 102 valence electrons. The number of nitrogens with zero attached hydrogens (tertiary/aromatic N) is 2. The number of halogens is 2. The van der Waals surface area contributed by atoms with E-state index < -0.39 is 0 Å². The van der Waals surface area contributed by atoms with Crippen LogP contribution in [0.4, 0.5) is 0 Å². The van der Waals surface area contributed by atoms with Gasteiger partial charge >= 0.3 is 0 Å². The number of rotatable bonds is 6. The van der Waals surface area contributed by atoms with Gasteiger partial charge in [-0.1, -0.05) is 57.7 Å². The smallest absolute Gasteiger partial charge is 0.0946 e. The molecule has 19 heavy (non-hydrogen) atoms. The van der Waals surface area contributed by atoms with E-state index in [2.05, 4.69) is 66.5 Å². The molecule has 0 aliphatic rings. The van der Waals surface area contributed by atoms with Crippen molar-refractivity contribution >= 4 is 31.9 Å². The predicted octanol–water partition coefficient (Wildman–Crippen LogP) is 5.38.